The fraction of sp³-hybridized carbons (Fsp3) is 0.417. The van der Waals surface area contributed by atoms with Gasteiger partial charge in [0.2, 0.25) is 10.0 Å². The van der Waals surface area contributed by atoms with Gasteiger partial charge in [-0.15, -0.1) is 0 Å². The highest BCUT2D eigenvalue weighted by molar-refractivity contribution is 7.93. The second-order valence-electron chi connectivity index (χ2n) is 4.09. The Kier molecular flexibility index (Phi) is 5.17. The first-order chi connectivity index (χ1) is 8.85. The Labute approximate surface area is 112 Å². The van der Waals surface area contributed by atoms with E-state index in [1.165, 1.54) is 13.2 Å². The number of benzene rings is 1. The summed E-state index contributed by atoms with van der Waals surface area (Å²) >= 11 is 0. The standard InChI is InChI=1S/C12H17NO5S/c1-9(2)19(15,16)13-10-5-4-6-11(7-10)18-8-12(14)17-3/h4-7,9,13H,8H2,1-3H3. The zero-order chi connectivity index (χ0) is 14.5. The highest BCUT2D eigenvalue weighted by Gasteiger charge is 2.15. The van der Waals surface area contributed by atoms with E-state index >= 15 is 0 Å². The summed E-state index contributed by atoms with van der Waals surface area (Å²) in [6.07, 6.45) is 0. The third-order valence-electron chi connectivity index (χ3n) is 2.30. The molecule has 0 bridgehead atoms. The van der Waals surface area contributed by atoms with E-state index in [1.807, 2.05) is 0 Å². The Morgan fingerprint density at radius 1 is 1.37 bits per heavy atom. The maximum absolute atomic E-state index is 11.7. The topological polar surface area (TPSA) is 81.7 Å². The number of rotatable bonds is 6. The molecule has 0 spiro atoms. The van der Waals surface area contributed by atoms with Gasteiger partial charge >= 0.3 is 5.97 Å². The Morgan fingerprint density at radius 3 is 2.63 bits per heavy atom. The van der Waals surface area contributed by atoms with Crippen LogP contribution in [-0.4, -0.2) is 33.4 Å². The van der Waals surface area contributed by atoms with Gasteiger partial charge in [-0.2, -0.15) is 0 Å². The van der Waals surface area contributed by atoms with Crippen LogP contribution in [0.1, 0.15) is 13.8 Å². The lowest BCUT2D eigenvalue weighted by Crippen LogP contribution is -2.22. The molecule has 0 aliphatic heterocycles. The second-order valence-corrected chi connectivity index (χ2v) is 6.33. The molecule has 19 heavy (non-hydrogen) atoms. The quantitative estimate of drug-likeness (QED) is 0.799. The fourth-order valence-corrected chi connectivity index (χ4v) is 1.82. The first kappa shape index (κ1) is 15.3. The molecule has 1 aromatic carbocycles. The lowest BCUT2D eigenvalue weighted by molar-refractivity contribution is -0.142. The van der Waals surface area contributed by atoms with Gasteiger partial charge in [-0.05, 0) is 26.0 Å². The Balaban J connectivity index is 2.75. The van der Waals surface area contributed by atoms with E-state index in [-0.39, 0.29) is 6.61 Å². The largest absolute Gasteiger partial charge is 0.482 e. The molecule has 1 N–H and O–H groups in total. The summed E-state index contributed by atoms with van der Waals surface area (Å²) in [5.41, 5.74) is 0.385. The minimum absolute atomic E-state index is 0.225. The van der Waals surface area contributed by atoms with Crippen LogP contribution in [0.5, 0.6) is 5.75 Å². The molecule has 0 atom stereocenters. The van der Waals surface area contributed by atoms with Crippen LogP contribution >= 0.6 is 0 Å². The second kappa shape index (κ2) is 6.42. The molecule has 0 saturated heterocycles. The van der Waals surface area contributed by atoms with Gasteiger partial charge in [-0.3, -0.25) is 4.72 Å². The summed E-state index contributed by atoms with van der Waals surface area (Å²) in [6.45, 7) is 2.94. The Hall–Kier alpha value is -1.76. The maximum atomic E-state index is 11.7. The molecule has 1 rings (SSSR count). The van der Waals surface area contributed by atoms with E-state index in [9.17, 15) is 13.2 Å². The molecule has 0 radical (unpaired) electrons. The van der Waals surface area contributed by atoms with E-state index in [0.29, 0.717) is 11.4 Å². The molecular formula is C12H17NO5S. The van der Waals surface area contributed by atoms with Crippen molar-refractivity contribution < 1.29 is 22.7 Å². The van der Waals surface area contributed by atoms with Gasteiger partial charge in [-0.25, -0.2) is 13.2 Å². The summed E-state index contributed by atoms with van der Waals surface area (Å²) in [4.78, 5) is 10.9. The molecule has 0 fully saturated rings. The van der Waals surface area contributed by atoms with Crippen LogP contribution in [0.4, 0.5) is 5.69 Å². The number of sulfonamides is 1. The number of hydrogen-bond acceptors (Lipinski definition) is 5. The van der Waals surface area contributed by atoms with Crippen LogP contribution < -0.4 is 9.46 Å². The van der Waals surface area contributed by atoms with Crippen LogP contribution in [0.15, 0.2) is 24.3 Å². The number of anilines is 1. The molecule has 106 valence electrons. The first-order valence-corrected chi connectivity index (χ1v) is 7.21. The number of ether oxygens (including phenoxy) is 2. The SMILES string of the molecule is COC(=O)COc1cccc(NS(=O)(=O)C(C)C)c1. The highest BCUT2D eigenvalue weighted by Crippen LogP contribution is 2.19. The van der Waals surface area contributed by atoms with Crippen LogP contribution in [-0.2, 0) is 19.6 Å². The van der Waals surface area contributed by atoms with E-state index in [0.717, 1.165) is 0 Å². The minimum Gasteiger partial charge on any atom is -0.482 e. The van der Waals surface area contributed by atoms with Gasteiger partial charge in [0.25, 0.3) is 0 Å². The van der Waals surface area contributed by atoms with Gasteiger partial charge in [0.1, 0.15) is 5.75 Å². The predicted molar refractivity (Wildman–Crippen MR) is 71.6 cm³/mol. The van der Waals surface area contributed by atoms with E-state index in [4.69, 9.17) is 4.74 Å². The van der Waals surface area contributed by atoms with Gasteiger partial charge in [0, 0.05) is 6.07 Å². The van der Waals surface area contributed by atoms with Gasteiger partial charge < -0.3 is 9.47 Å². The normalized spacial score (nSPS) is 11.2. The van der Waals surface area contributed by atoms with Crippen molar-refractivity contribution in [2.75, 3.05) is 18.4 Å². The smallest absolute Gasteiger partial charge is 0.343 e. The molecule has 0 amide bonds. The van der Waals surface area contributed by atoms with Crippen molar-refractivity contribution in [2.45, 2.75) is 19.1 Å². The van der Waals surface area contributed by atoms with Gasteiger partial charge in [-0.1, -0.05) is 6.07 Å². The summed E-state index contributed by atoms with van der Waals surface area (Å²) in [5.74, 6) is -0.123. The van der Waals surface area contributed by atoms with Crippen molar-refractivity contribution in [3.8, 4) is 5.75 Å². The van der Waals surface area contributed by atoms with E-state index in [2.05, 4.69) is 9.46 Å². The molecule has 1 aromatic rings. The van der Waals surface area contributed by atoms with E-state index < -0.39 is 21.2 Å². The molecule has 0 aliphatic rings. The number of carbonyl (C=O) groups is 1. The maximum Gasteiger partial charge on any atom is 0.343 e. The first-order valence-electron chi connectivity index (χ1n) is 5.66. The highest BCUT2D eigenvalue weighted by atomic mass is 32.2. The molecule has 0 unspecified atom stereocenters. The number of methoxy groups -OCH3 is 1. The van der Waals surface area contributed by atoms with Gasteiger partial charge in [0.05, 0.1) is 18.0 Å². The lowest BCUT2D eigenvalue weighted by Gasteiger charge is -2.12. The van der Waals surface area contributed by atoms with Crippen molar-refractivity contribution >= 4 is 21.7 Å². The minimum atomic E-state index is -3.40. The fourth-order valence-electron chi connectivity index (χ4n) is 1.13. The monoisotopic (exact) mass is 287 g/mol. The van der Waals surface area contributed by atoms with Gasteiger partial charge in [0.15, 0.2) is 6.61 Å². The third-order valence-corrected chi connectivity index (χ3v) is 4.06. The van der Waals surface area contributed by atoms with Crippen molar-refractivity contribution in [1.82, 2.24) is 0 Å². The molecule has 0 heterocycles. The number of carbonyl (C=O) groups excluding carboxylic acids is 1. The van der Waals surface area contributed by atoms with Crippen molar-refractivity contribution in [2.24, 2.45) is 0 Å². The number of hydrogen-bond donors (Lipinski definition) is 1. The average Bonchev–Trinajstić information content (AvgIpc) is 2.35. The van der Waals surface area contributed by atoms with Crippen molar-refractivity contribution in [3.63, 3.8) is 0 Å². The van der Waals surface area contributed by atoms with Crippen LogP contribution in [0, 0.1) is 0 Å². The summed E-state index contributed by atoms with van der Waals surface area (Å²) in [5, 5.41) is -0.535. The lowest BCUT2D eigenvalue weighted by atomic mass is 10.3. The molecule has 0 aromatic heterocycles. The molecule has 0 saturated carbocycles. The summed E-state index contributed by atoms with van der Waals surface area (Å²) < 4.78 is 35.4. The van der Waals surface area contributed by atoms with Crippen molar-refractivity contribution in [3.05, 3.63) is 24.3 Å². The zero-order valence-corrected chi connectivity index (χ0v) is 11.9. The van der Waals surface area contributed by atoms with Crippen LogP contribution in [0.3, 0.4) is 0 Å². The summed E-state index contributed by atoms with van der Waals surface area (Å²) in [6, 6.07) is 6.36. The molecule has 7 heteroatoms. The molecular weight excluding hydrogens is 270 g/mol. The van der Waals surface area contributed by atoms with Crippen LogP contribution in [0.2, 0.25) is 0 Å². The van der Waals surface area contributed by atoms with E-state index in [1.54, 1.807) is 32.0 Å². The predicted octanol–water partition coefficient (Wildman–Crippen LogP) is 1.39. The number of esters is 1. The molecule has 0 aliphatic carbocycles. The zero-order valence-electron chi connectivity index (χ0n) is 11.0. The molecule has 6 nitrogen and oxygen atoms in total. The number of nitrogens with one attached hydrogen (secondary N) is 1. The van der Waals surface area contributed by atoms with Crippen molar-refractivity contribution in [1.29, 1.82) is 0 Å². The summed E-state index contributed by atoms with van der Waals surface area (Å²) in [7, 11) is -2.14. The Bertz CT molecular complexity index is 539. The Morgan fingerprint density at radius 2 is 2.05 bits per heavy atom. The van der Waals surface area contributed by atoms with Crippen LogP contribution in [0.25, 0.3) is 0 Å². The third kappa shape index (κ3) is 4.78. The average molecular weight is 287 g/mol.